The number of carbonyl (C=O) groups excluding carboxylic acids is 3. The second-order valence-corrected chi connectivity index (χ2v) is 20.2. The van der Waals surface area contributed by atoms with Gasteiger partial charge in [-0.1, -0.05) is 137 Å². The largest absolute Gasteiger partial charge is 0.465 e. The lowest BCUT2D eigenvalue weighted by molar-refractivity contribution is -0.450. The van der Waals surface area contributed by atoms with Crippen LogP contribution in [0, 0.1) is 11.8 Å². The lowest BCUT2D eigenvalue weighted by Gasteiger charge is -2.42. The summed E-state index contributed by atoms with van der Waals surface area (Å²) in [5, 5.41) is 0. The number of halogens is 15. The molecule has 74 heavy (non-hydrogen) atoms. The molecule has 0 aromatic carbocycles. The van der Waals surface area contributed by atoms with E-state index in [1.54, 1.807) is 19.0 Å². The first-order valence-corrected chi connectivity index (χ1v) is 27.0. The van der Waals surface area contributed by atoms with Gasteiger partial charge in [0.05, 0.1) is 13.2 Å². The molecule has 0 spiro atoms. The molecule has 0 fully saturated rings. The van der Waals surface area contributed by atoms with Crippen molar-refractivity contribution in [3.8, 4) is 0 Å². The normalized spacial score (nSPS) is 14.6. The second kappa shape index (κ2) is 35.0. The highest BCUT2D eigenvalue weighted by Gasteiger charge is 2.94. The monoisotopic (exact) mass is 1100 g/mol. The lowest BCUT2D eigenvalue weighted by Crippen LogP contribution is -2.74. The van der Waals surface area contributed by atoms with Crippen LogP contribution < -0.4 is 0 Å². The van der Waals surface area contributed by atoms with Gasteiger partial charge in [-0.25, -0.2) is 0 Å². The molecule has 0 rings (SSSR count). The molecule has 0 aliphatic rings. The Morgan fingerprint density at radius 3 is 1.12 bits per heavy atom. The van der Waals surface area contributed by atoms with E-state index >= 15 is 17.6 Å². The Kier molecular flexibility index (Phi) is 33.7. The summed E-state index contributed by atoms with van der Waals surface area (Å²) in [6.45, 7) is 8.09. The Bertz CT molecular complexity index is 1490. The molecule has 1 amide bonds. The molecule has 0 aliphatic heterocycles. The van der Waals surface area contributed by atoms with Crippen LogP contribution in [0.15, 0.2) is 0 Å². The first-order valence-electron chi connectivity index (χ1n) is 27.0. The third-order valence-corrected chi connectivity index (χ3v) is 13.5. The van der Waals surface area contributed by atoms with E-state index in [-0.39, 0.29) is 107 Å². The highest BCUT2D eigenvalue weighted by molar-refractivity contribution is 5.85. The van der Waals surface area contributed by atoms with E-state index in [0.717, 1.165) is 103 Å². The van der Waals surface area contributed by atoms with E-state index < -0.39 is 72.1 Å². The van der Waals surface area contributed by atoms with Crippen LogP contribution in [-0.4, -0.2) is 116 Å². The summed E-state index contributed by atoms with van der Waals surface area (Å²) in [6, 6.07) is -1.58. The van der Waals surface area contributed by atoms with Gasteiger partial charge in [-0.15, -0.1) is 0 Å². The Morgan fingerprint density at radius 1 is 0.392 bits per heavy atom. The number of alkyl halides is 15. The molecular formula is C52H87F15N2O5. The Hall–Kier alpha value is -2.68. The number of amides is 1. The fraction of sp³-hybridized carbons (Fsp3) is 0.942. The van der Waals surface area contributed by atoms with Crippen LogP contribution in [0.4, 0.5) is 65.9 Å². The van der Waals surface area contributed by atoms with Crippen LogP contribution in [0.25, 0.3) is 0 Å². The van der Waals surface area contributed by atoms with Crippen molar-refractivity contribution in [1.29, 1.82) is 0 Å². The molecule has 0 heterocycles. The summed E-state index contributed by atoms with van der Waals surface area (Å²) in [4.78, 5) is 40.8. The van der Waals surface area contributed by atoms with E-state index in [0.29, 0.717) is 13.0 Å². The fourth-order valence-corrected chi connectivity index (χ4v) is 8.62. The minimum absolute atomic E-state index is 0.0106. The Morgan fingerprint density at radius 2 is 0.730 bits per heavy atom. The van der Waals surface area contributed by atoms with Crippen LogP contribution in [-0.2, 0) is 23.9 Å². The topological polar surface area (TPSA) is 76.2 Å². The molecule has 0 saturated heterocycles. The van der Waals surface area contributed by atoms with Crippen molar-refractivity contribution in [2.45, 2.75) is 262 Å². The SMILES string of the molecule is CCCCCCC(CCCC)COC(=O)CCCCCC(CCCCCC(=O)OCC(CCCC)CCCCCC)N(CCCCCN(C)C)C(=O)C(F)(F)C(F)(F)C(F)(F)C(F)(F)C(F)(F)C(F)(F)C(F)(F)F. The van der Waals surface area contributed by atoms with Crippen LogP contribution in [0.2, 0.25) is 0 Å². The molecule has 0 bridgehead atoms. The summed E-state index contributed by atoms with van der Waals surface area (Å²) in [5.41, 5.74) is 0. The number of ether oxygens (including phenoxy) is 2. The summed E-state index contributed by atoms with van der Waals surface area (Å²) >= 11 is 0. The maximum atomic E-state index is 15.8. The van der Waals surface area contributed by atoms with Gasteiger partial charge in [0.15, 0.2) is 0 Å². The quantitative estimate of drug-likeness (QED) is 0.0344. The number of hydrogen-bond acceptors (Lipinski definition) is 6. The van der Waals surface area contributed by atoms with Gasteiger partial charge in [-0.05, 0) is 96.7 Å². The number of rotatable bonds is 45. The second-order valence-electron chi connectivity index (χ2n) is 20.2. The van der Waals surface area contributed by atoms with Crippen molar-refractivity contribution in [1.82, 2.24) is 9.80 Å². The molecule has 0 aromatic heterocycles. The van der Waals surface area contributed by atoms with Gasteiger partial charge >= 0.3 is 53.7 Å². The molecule has 2 atom stereocenters. The van der Waals surface area contributed by atoms with E-state index in [9.17, 15) is 62.7 Å². The number of unbranched alkanes of at least 4 members (excludes halogenated alkanes) is 14. The first-order chi connectivity index (χ1) is 34.4. The zero-order chi connectivity index (χ0) is 56.9. The fourth-order valence-electron chi connectivity index (χ4n) is 8.62. The van der Waals surface area contributed by atoms with E-state index in [2.05, 4.69) is 13.8 Å². The van der Waals surface area contributed by atoms with Crippen molar-refractivity contribution in [2.24, 2.45) is 11.8 Å². The van der Waals surface area contributed by atoms with Crippen molar-refractivity contribution < 1.29 is 89.7 Å². The smallest absolute Gasteiger partial charge is 0.460 e. The molecule has 7 nitrogen and oxygen atoms in total. The maximum Gasteiger partial charge on any atom is 0.460 e. The van der Waals surface area contributed by atoms with E-state index in [1.165, 1.54) is 0 Å². The maximum absolute atomic E-state index is 15.8. The molecule has 0 N–H and O–H groups in total. The van der Waals surface area contributed by atoms with Gasteiger partial charge in [0.1, 0.15) is 0 Å². The van der Waals surface area contributed by atoms with Gasteiger partial charge in [0, 0.05) is 25.4 Å². The Balaban J connectivity index is 6.67. The zero-order valence-electron chi connectivity index (χ0n) is 44.7. The zero-order valence-corrected chi connectivity index (χ0v) is 44.7. The number of hydrogen-bond donors (Lipinski definition) is 0. The number of carbonyl (C=O) groups is 3. The van der Waals surface area contributed by atoms with E-state index in [1.807, 2.05) is 13.8 Å². The average Bonchev–Trinajstić information content (AvgIpc) is 3.32. The standard InChI is InChI=1S/C52H87F15N2O5/c1-7-11-15-20-30-40(28-13-9-3)38-73-43(70)34-24-17-22-32-42(33-23-18-25-35-44(71)74-39-41(29-14-10-4)31-21-16-12-8-2)69(37-27-19-26-36-68(5)6)45(72)46(53,54)47(55,56)48(57,58)49(59,60)50(61,62)51(63,64)52(65,66)67/h40-42H,7-39H2,1-6H3. The molecule has 440 valence electrons. The molecule has 22 heteroatoms. The predicted molar refractivity (Wildman–Crippen MR) is 255 cm³/mol. The minimum Gasteiger partial charge on any atom is -0.465 e. The van der Waals surface area contributed by atoms with Crippen molar-refractivity contribution in [2.75, 3.05) is 40.4 Å². The van der Waals surface area contributed by atoms with Gasteiger partial charge in [-0.2, -0.15) is 65.9 Å². The molecule has 2 unspecified atom stereocenters. The summed E-state index contributed by atoms with van der Waals surface area (Å²) in [5.74, 6) is -52.7. The van der Waals surface area contributed by atoms with Crippen LogP contribution in [0.1, 0.15) is 214 Å². The highest BCUT2D eigenvalue weighted by Crippen LogP contribution is 2.62. The molecule has 0 aliphatic carbocycles. The lowest BCUT2D eigenvalue weighted by atomic mass is 9.90. The van der Waals surface area contributed by atoms with Gasteiger partial charge in [-0.3, -0.25) is 14.4 Å². The third-order valence-electron chi connectivity index (χ3n) is 13.5. The third kappa shape index (κ3) is 22.7. The van der Waals surface area contributed by atoms with Crippen LogP contribution in [0.5, 0.6) is 0 Å². The predicted octanol–water partition coefficient (Wildman–Crippen LogP) is 16.8. The number of nitrogens with zero attached hydrogens (tertiary/aromatic N) is 2. The Labute approximate surface area is 430 Å². The summed E-state index contributed by atoms with van der Waals surface area (Å²) < 4.78 is 226. The van der Waals surface area contributed by atoms with E-state index in [4.69, 9.17) is 9.47 Å². The van der Waals surface area contributed by atoms with Gasteiger partial charge < -0.3 is 19.3 Å². The molecule has 0 saturated carbocycles. The van der Waals surface area contributed by atoms with Gasteiger partial charge in [0.25, 0.3) is 5.91 Å². The first kappa shape index (κ1) is 71.3. The molecule has 0 radical (unpaired) electrons. The van der Waals surface area contributed by atoms with Crippen LogP contribution in [0.3, 0.4) is 0 Å². The minimum atomic E-state index is -8.53. The summed E-state index contributed by atoms with van der Waals surface area (Å²) in [7, 11) is 3.33. The highest BCUT2D eigenvalue weighted by atomic mass is 19.4. The molecule has 0 aromatic rings. The average molecular weight is 1110 g/mol. The number of esters is 2. The van der Waals surface area contributed by atoms with Gasteiger partial charge in [0.2, 0.25) is 0 Å². The summed E-state index contributed by atoms with van der Waals surface area (Å²) in [6.07, 6.45) is 7.43. The molecular weight excluding hydrogens is 1020 g/mol. The van der Waals surface area contributed by atoms with Crippen LogP contribution >= 0.6 is 0 Å². The van der Waals surface area contributed by atoms with Crippen molar-refractivity contribution in [3.63, 3.8) is 0 Å². The van der Waals surface area contributed by atoms with Crippen molar-refractivity contribution in [3.05, 3.63) is 0 Å². The van der Waals surface area contributed by atoms with Crippen molar-refractivity contribution >= 4 is 17.8 Å².